The lowest BCUT2D eigenvalue weighted by Gasteiger charge is -2.26. The minimum atomic E-state index is -0.357. The van der Waals surface area contributed by atoms with Crippen LogP contribution in [-0.2, 0) is 17.6 Å². The third-order valence-corrected chi connectivity index (χ3v) is 6.20. The van der Waals surface area contributed by atoms with E-state index < -0.39 is 0 Å². The first-order valence-electron chi connectivity index (χ1n) is 10.1. The van der Waals surface area contributed by atoms with Crippen molar-refractivity contribution in [1.82, 2.24) is 0 Å². The maximum absolute atomic E-state index is 9.50. The Morgan fingerprint density at radius 3 is 2.84 bits per heavy atom. The summed E-state index contributed by atoms with van der Waals surface area (Å²) in [5.41, 5.74) is 10.4. The SMILES string of the molecule is CC(C)OCCC[C@@H]1CCc2cc([C@H]3CC[C@](N)(CO)C3)ccc2C1. The standard InChI is InChI=1S/C22H35NO2/c1-16(2)25-11-3-4-17-5-6-19-13-20(8-7-18(19)12-17)21-9-10-22(23,14-21)15-24/h7-8,13,16-17,21,24H,3-6,9-12,14-15,23H2,1-2H3/t17-,21+,22-/m1/s1. The molecule has 2 aliphatic rings. The summed E-state index contributed by atoms with van der Waals surface area (Å²) >= 11 is 0. The molecule has 1 fully saturated rings. The number of ether oxygens (including phenoxy) is 1. The molecule has 1 aromatic carbocycles. The molecule has 1 aromatic rings. The van der Waals surface area contributed by atoms with Gasteiger partial charge < -0.3 is 15.6 Å². The van der Waals surface area contributed by atoms with Crippen LogP contribution in [0.1, 0.15) is 75.0 Å². The van der Waals surface area contributed by atoms with Crippen LogP contribution in [0.5, 0.6) is 0 Å². The van der Waals surface area contributed by atoms with E-state index in [4.69, 9.17) is 10.5 Å². The van der Waals surface area contributed by atoms with Crippen molar-refractivity contribution in [3.05, 3.63) is 34.9 Å². The van der Waals surface area contributed by atoms with Crippen molar-refractivity contribution in [2.75, 3.05) is 13.2 Å². The van der Waals surface area contributed by atoms with Crippen LogP contribution in [-0.4, -0.2) is 30.0 Å². The van der Waals surface area contributed by atoms with Crippen LogP contribution < -0.4 is 5.73 Å². The largest absolute Gasteiger partial charge is 0.394 e. The highest BCUT2D eigenvalue weighted by Crippen LogP contribution is 2.40. The van der Waals surface area contributed by atoms with Crippen molar-refractivity contribution in [2.24, 2.45) is 11.7 Å². The van der Waals surface area contributed by atoms with Gasteiger partial charge in [-0.2, -0.15) is 0 Å². The molecule has 0 bridgehead atoms. The van der Waals surface area contributed by atoms with Gasteiger partial charge in [-0.25, -0.2) is 0 Å². The third kappa shape index (κ3) is 4.84. The van der Waals surface area contributed by atoms with E-state index in [2.05, 4.69) is 32.0 Å². The topological polar surface area (TPSA) is 55.5 Å². The number of rotatable bonds is 7. The number of aliphatic hydroxyl groups is 1. The van der Waals surface area contributed by atoms with Gasteiger partial charge >= 0.3 is 0 Å². The Morgan fingerprint density at radius 2 is 2.12 bits per heavy atom. The molecule has 3 heteroatoms. The normalized spacial score (nSPS) is 29.2. The molecule has 1 saturated carbocycles. The summed E-state index contributed by atoms with van der Waals surface area (Å²) in [6.45, 7) is 5.21. The Kier molecular flexibility index (Phi) is 6.19. The minimum absolute atomic E-state index is 0.108. The van der Waals surface area contributed by atoms with Crippen molar-refractivity contribution >= 4 is 0 Å². The van der Waals surface area contributed by atoms with Crippen LogP contribution in [0.3, 0.4) is 0 Å². The van der Waals surface area contributed by atoms with Crippen molar-refractivity contribution in [1.29, 1.82) is 0 Å². The van der Waals surface area contributed by atoms with E-state index in [9.17, 15) is 5.11 Å². The molecule has 0 heterocycles. The van der Waals surface area contributed by atoms with Crippen LogP contribution in [0.2, 0.25) is 0 Å². The summed E-state index contributed by atoms with van der Waals surface area (Å²) < 4.78 is 5.67. The smallest absolute Gasteiger partial charge is 0.0611 e. The van der Waals surface area contributed by atoms with Gasteiger partial charge in [0.1, 0.15) is 0 Å². The molecule has 0 unspecified atom stereocenters. The first-order chi connectivity index (χ1) is 12.0. The van der Waals surface area contributed by atoms with E-state index in [0.29, 0.717) is 12.0 Å². The molecule has 3 atom stereocenters. The molecule has 0 aliphatic heterocycles. The van der Waals surface area contributed by atoms with Crippen molar-refractivity contribution in [3.8, 4) is 0 Å². The van der Waals surface area contributed by atoms with Crippen molar-refractivity contribution in [3.63, 3.8) is 0 Å². The molecule has 0 amide bonds. The average Bonchev–Trinajstić information content (AvgIpc) is 3.01. The van der Waals surface area contributed by atoms with Gasteiger partial charge in [0.2, 0.25) is 0 Å². The van der Waals surface area contributed by atoms with E-state index in [1.54, 1.807) is 11.1 Å². The fourth-order valence-electron chi connectivity index (χ4n) is 4.63. The van der Waals surface area contributed by atoms with Crippen LogP contribution in [0, 0.1) is 5.92 Å². The molecular formula is C22H35NO2. The lowest BCUT2D eigenvalue weighted by Crippen LogP contribution is -2.40. The van der Waals surface area contributed by atoms with Crippen LogP contribution >= 0.6 is 0 Å². The average molecular weight is 346 g/mol. The Balaban J connectivity index is 1.55. The van der Waals surface area contributed by atoms with Gasteiger partial charge in [-0.05, 0) is 93.7 Å². The van der Waals surface area contributed by atoms with Crippen LogP contribution in [0.15, 0.2) is 18.2 Å². The molecule has 25 heavy (non-hydrogen) atoms. The molecule has 3 rings (SSSR count). The molecule has 3 nitrogen and oxygen atoms in total. The molecule has 0 spiro atoms. The summed E-state index contributed by atoms with van der Waals surface area (Å²) in [4.78, 5) is 0. The Bertz CT molecular complexity index is 571. The number of hydrogen-bond donors (Lipinski definition) is 2. The zero-order valence-corrected chi connectivity index (χ0v) is 16.0. The van der Waals surface area contributed by atoms with Gasteiger partial charge in [-0.15, -0.1) is 0 Å². The summed E-state index contributed by atoms with van der Waals surface area (Å²) in [6, 6.07) is 7.11. The number of aryl methyl sites for hydroxylation is 1. The second-order valence-corrected chi connectivity index (χ2v) is 8.66. The third-order valence-electron chi connectivity index (χ3n) is 6.20. The van der Waals surface area contributed by atoms with Gasteiger partial charge in [0.05, 0.1) is 12.7 Å². The fraction of sp³-hybridized carbons (Fsp3) is 0.727. The Morgan fingerprint density at radius 1 is 1.28 bits per heavy atom. The zero-order chi connectivity index (χ0) is 17.9. The molecule has 3 N–H and O–H groups in total. The summed E-state index contributed by atoms with van der Waals surface area (Å²) in [6.07, 6.45) is 9.50. The highest BCUT2D eigenvalue weighted by Gasteiger charge is 2.36. The van der Waals surface area contributed by atoms with Crippen LogP contribution in [0.4, 0.5) is 0 Å². The van der Waals surface area contributed by atoms with Crippen molar-refractivity contribution < 1.29 is 9.84 Å². The van der Waals surface area contributed by atoms with E-state index in [-0.39, 0.29) is 12.1 Å². The van der Waals surface area contributed by atoms with Crippen molar-refractivity contribution in [2.45, 2.75) is 82.8 Å². The summed E-state index contributed by atoms with van der Waals surface area (Å²) in [5, 5.41) is 9.50. The van der Waals surface area contributed by atoms with Crippen LogP contribution in [0.25, 0.3) is 0 Å². The highest BCUT2D eigenvalue weighted by molar-refractivity contribution is 5.36. The first kappa shape index (κ1) is 18.9. The number of benzene rings is 1. The van der Waals surface area contributed by atoms with Gasteiger partial charge in [0.25, 0.3) is 0 Å². The Labute approximate surface area is 153 Å². The number of fused-ring (bicyclic) bond motifs is 1. The number of nitrogens with two attached hydrogens (primary N) is 1. The van der Waals surface area contributed by atoms with E-state index in [1.807, 2.05) is 0 Å². The minimum Gasteiger partial charge on any atom is -0.394 e. The first-order valence-corrected chi connectivity index (χ1v) is 10.1. The number of hydrogen-bond acceptors (Lipinski definition) is 3. The quantitative estimate of drug-likeness (QED) is 0.736. The van der Waals surface area contributed by atoms with E-state index in [1.165, 1.54) is 37.7 Å². The predicted octanol–water partition coefficient (Wildman–Crippen LogP) is 3.95. The fourth-order valence-corrected chi connectivity index (χ4v) is 4.63. The molecule has 0 radical (unpaired) electrons. The van der Waals surface area contributed by atoms with Gasteiger partial charge in [0.15, 0.2) is 0 Å². The molecule has 140 valence electrons. The van der Waals surface area contributed by atoms with E-state index >= 15 is 0 Å². The molecule has 2 aliphatic carbocycles. The molecular weight excluding hydrogens is 310 g/mol. The second kappa shape index (κ2) is 8.20. The lowest BCUT2D eigenvalue weighted by molar-refractivity contribution is 0.0732. The second-order valence-electron chi connectivity index (χ2n) is 8.66. The maximum Gasteiger partial charge on any atom is 0.0611 e. The summed E-state index contributed by atoms with van der Waals surface area (Å²) in [7, 11) is 0. The van der Waals surface area contributed by atoms with E-state index in [0.717, 1.165) is 31.8 Å². The Hall–Kier alpha value is -0.900. The maximum atomic E-state index is 9.50. The molecule has 0 saturated heterocycles. The zero-order valence-electron chi connectivity index (χ0n) is 16.0. The lowest BCUT2D eigenvalue weighted by atomic mass is 9.80. The number of aliphatic hydroxyl groups excluding tert-OH is 1. The monoisotopic (exact) mass is 345 g/mol. The van der Waals surface area contributed by atoms with Gasteiger partial charge in [-0.3, -0.25) is 0 Å². The predicted molar refractivity (Wildman–Crippen MR) is 103 cm³/mol. The molecule has 0 aromatic heterocycles. The van der Waals surface area contributed by atoms with Gasteiger partial charge in [-0.1, -0.05) is 18.2 Å². The highest BCUT2D eigenvalue weighted by atomic mass is 16.5. The summed E-state index contributed by atoms with van der Waals surface area (Å²) in [5.74, 6) is 1.33. The van der Waals surface area contributed by atoms with Gasteiger partial charge in [0, 0.05) is 12.1 Å².